The number of fused-ring (bicyclic) bond motifs is 16. The molecule has 0 amide bonds. The van der Waals surface area contributed by atoms with E-state index >= 15 is 0 Å². The van der Waals surface area contributed by atoms with Gasteiger partial charge in [-0.3, -0.25) is 4.57 Å². The fourth-order valence-electron chi connectivity index (χ4n) is 9.19. The van der Waals surface area contributed by atoms with Crippen LogP contribution < -0.4 is 0 Å². The number of benzene rings is 8. The molecule has 0 aliphatic rings. The second kappa shape index (κ2) is 9.94. The molecule has 4 nitrogen and oxygen atoms in total. The molecule has 0 radical (unpaired) electrons. The molecule has 0 aliphatic heterocycles. The third-order valence-corrected chi connectivity index (χ3v) is 12.6. The first kappa shape index (κ1) is 27.8. The molecule has 0 fully saturated rings. The standard InChI is InChI=1S/C48H26N4S/c1-2-13-29-25-30(22-21-27(29)11-1)43-47-44(34-17-7-10-20-40(34)53-47)50-48(49-43)52-39-24-23-28-12-3-4-14-31(28)41(39)36-26-35-32-15-5-8-18-37(32)51-38-19-9-6-16-33(38)42(45(35)51)46(36)52/h1-26H. The van der Waals surface area contributed by atoms with Crippen molar-refractivity contribution in [2.45, 2.75) is 0 Å². The molecule has 13 aromatic rings. The van der Waals surface area contributed by atoms with Crippen molar-refractivity contribution in [3.05, 3.63) is 158 Å². The van der Waals surface area contributed by atoms with Gasteiger partial charge in [-0.05, 0) is 57.9 Å². The van der Waals surface area contributed by atoms with Gasteiger partial charge in [0, 0.05) is 48.0 Å². The van der Waals surface area contributed by atoms with E-state index in [0.717, 1.165) is 37.9 Å². The molecule has 0 saturated carbocycles. The first-order valence-electron chi connectivity index (χ1n) is 18.0. The van der Waals surface area contributed by atoms with E-state index in [4.69, 9.17) is 9.97 Å². The molecule has 5 heteroatoms. The Bertz CT molecular complexity index is 3700. The Hall–Kier alpha value is -6.82. The lowest BCUT2D eigenvalue weighted by Crippen LogP contribution is -2.03. The third kappa shape index (κ3) is 3.54. The van der Waals surface area contributed by atoms with Crippen molar-refractivity contribution >= 4 is 113 Å². The van der Waals surface area contributed by atoms with Crippen LogP contribution in [-0.2, 0) is 0 Å². The Balaban J connectivity index is 1.28. The largest absolute Gasteiger partial charge is 0.308 e. The number of rotatable bonds is 2. The van der Waals surface area contributed by atoms with Crippen molar-refractivity contribution in [2.75, 3.05) is 0 Å². The zero-order valence-electron chi connectivity index (χ0n) is 28.2. The molecule has 0 atom stereocenters. The van der Waals surface area contributed by atoms with Gasteiger partial charge in [0.05, 0.1) is 43.5 Å². The zero-order valence-corrected chi connectivity index (χ0v) is 29.0. The van der Waals surface area contributed by atoms with Gasteiger partial charge in [-0.2, -0.15) is 0 Å². The molecule has 13 rings (SSSR count). The molecule has 5 heterocycles. The van der Waals surface area contributed by atoms with Crippen LogP contribution in [0, 0.1) is 0 Å². The average molecular weight is 691 g/mol. The van der Waals surface area contributed by atoms with Crippen LogP contribution in [0.2, 0.25) is 0 Å². The molecule has 8 aromatic carbocycles. The molecule has 53 heavy (non-hydrogen) atoms. The minimum atomic E-state index is 0.683. The molecule has 0 bridgehead atoms. The first-order chi connectivity index (χ1) is 26.3. The maximum Gasteiger partial charge on any atom is 0.235 e. The van der Waals surface area contributed by atoms with Crippen molar-refractivity contribution in [3.63, 3.8) is 0 Å². The van der Waals surface area contributed by atoms with E-state index in [-0.39, 0.29) is 0 Å². The Morgan fingerprint density at radius 3 is 1.98 bits per heavy atom. The van der Waals surface area contributed by atoms with Crippen molar-refractivity contribution in [2.24, 2.45) is 0 Å². The van der Waals surface area contributed by atoms with E-state index in [1.807, 2.05) is 0 Å². The van der Waals surface area contributed by atoms with Gasteiger partial charge in [0.1, 0.15) is 0 Å². The quantitative estimate of drug-likeness (QED) is 0.181. The summed E-state index contributed by atoms with van der Waals surface area (Å²) in [4.78, 5) is 11.2. The summed E-state index contributed by atoms with van der Waals surface area (Å²) in [6, 6.07) is 57.3. The second-order valence-corrected chi connectivity index (χ2v) is 15.2. The summed E-state index contributed by atoms with van der Waals surface area (Å²) < 4.78 is 7.15. The van der Waals surface area contributed by atoms with Crippen LogP contribution in [0.5, 0.6) is 0 Å². The second-order valence-electron chi connectivity index (χ2n) is 14.1. The number of nitrogens with zero attached hydrogens (tertiary/aromatic N) is 4. The number of hydrogen-bond donors (Lipinski definition) is 0. The van der Waals surface area contributed by atoms with E-state index in [2.05, 4.69) is 167 Å². The minimum absolute atomic E-state index is 0.683. The van der Waals surface area contributed by atoms with E-state index in [0.29, 0.717) is 5.95 Å². The van der Waals surface area contributed by atoms with Crippen LogP contribution in [0.25, 0.3) is 119 Å². The summed E-state index contributed by atoms with van der Waals surface area (Å²) in [5.74, 6) is 0.683. The molecule has 244 valence electrons. The highest BCUT2D eigenvalue weighted by atomic mass is 32.1. The Kier molecular flexibility index (Phi) is 5.22. The number of para-hydroxylation sites is 2. The summed E-state index contributed by atoms with van der Waals surface area (Å²) in [5, 5.41) is 13.4. The number of aromatic nitrogens is 4. The molecule has 0 unspecified atom stereocenters. The minimum Gasteiger partial charge on any atom is -0.308 e. The predicted octanol–water partition coefficient (Wildman–Crippen LogP) is 13.1. The summed E-state index contributed by atoms with van der Waals surface area (Å²) in [7, 11) is 0. The van der Waals surface area contributed by atoms with Gasteiger partial charge in [0.2, 0.25) is 5.95 Å². The predicted molar refractivity (Wildman–Crippen MR) is 224 cm³/mol. The SMILES string of the molecule is c1ccc2cc(-c3nc(-n4c5ccc6ccccc6c5c5cc6c7ccccc7n7c8ccccc8c(c54)c67)nc4c3sc3ccccc34)ccc2c1. The van der Waals surface area contributed by atoms with Gasteiger partial charge in [0.15, 0.2) is 0 Å². The lowest BCUT2D eigenvalue weighted by Gasteiger charge is -2.11. The van der Waals surface area contributed by atoms with Crippen molar-refractivity contribution in [3.8, 4) is 17.2 Å². The van der Waals surface area contributed by atoms with Crippen LogP contribution in [0.1, 0.15) is 0 Å². The van der Waals surface area contributed by atoms with E-state index in [1.165, 1.54) is 75.1 Å². The normalized spacial score (nSPS) is 12.5. The molecular weight excluding hydrogens is 665 g/mol. The molecule has 0 N–H and O–H groups in total. The van der Waals surface area contributed by atoms with E-state index < -0.39 is 0 Å². The highest BCUT2D eigenvalue weighted by Crippen LogP contribution is 2.48. The maximum absolute atomic E-state index is 5.62. The Morgan fingerprint density at radius 2 is 1.11 bits per heavy atom. The van der Waals surface area contributed by atoms with Gasteiger partial charge in [-0.25, -0.2) is 9.97 Å². The van der Waals surface area contributed by atoms with Crippen LogP contribution in [0.4, 0.5) is 0 Å². The van der Waals surface area contributed by atoms with Crippen molar-refractivity contribution in [1.82, 2.24) is 18.9 Å². The molecule has 5 aromatic heterocycles. The Morgan fingerprint density at radius 1 is 0.434 bits per heavy atom. The zero-order chi connectivity index (χ0) is 34.4. The summed E-state index contributed by atoms with van der Waals surface area (Å²) in [5.41, 5.74) is 8.95. The first-order valence-corrected chi connectivity index (χ1v) is 18.8. The Labute approximate surface area is 305 Å². The van der Waals surface area contributed by atoms with Gasteiger partial charge in [-0.1, -0.05) is 121 Å². The number of hydrogen-bond acceptors (Lipinski definition) is 3. The van der Waals surface area contributed by atoms with Gasteiger partial charge < -0.3 is 4.40 Å². The summed E-state index contributed by atoms with van der Waals surface area (Å²) in [6.07, 6.45) is 0. The summed E-state index contributed by atoms with van der Waals surface area (Å²) in [6.45, 7) is 0. The highest BCUT2D eigenvalue weighted by Gasteiger charge is 2.27. The van der Waals surface area contributed by atoms with Crippen LogP contribution in [0.3, 0.4) is 0 Å². The van der Waals surface area contributed by atoms with E-state index in [9.17, 15) is 0 Å². The fourth-order valence-corrected chi connectivity index (χ4v) is 10.3. The number of thiophene rings is 1. The maximum atomic E-state index is 5.62. The monoisotopic (exact) mass is 690 g/mol. The van der Waals surface area contributed by atoms with Crippen molar-refractivity contribution < 1.29 is 0 Å². The molecule has 0 spiro atoms. The topological polar surface area (TPSA) is 35.1 Å². The fraction of sp³-hybridized carbons (Fsp3) is 0. The van der Waals surface area contributed by atoms with Gasteiger partial charge in [-0.15, -0.1) is 11.3 Å². The van der Waals surface area contributed by atoms with Crippen molar-refractivity contribution in [1.29, 1.82) is 0 Å². The van der Waals surface area contributed by atoms with E-state index in [1.54, 1.807) is 11.3 Å². The van der Waals surface area contributed by atoms with Gasteiger partial charge in [0.25, 0.3) is 0 Å². The summed E-state index contributed by atoms with van der Waals surface area (Å²) >= 11 is 1.78. The molecular formula is C48H26N4S. The molecule has 0 aliphatic carbocycles. The molecule has 0 saturated heterocycles. The average Bonchev–Trinajstić information content (AvgIpc) is 3.95. The highest BCUT2D eigenvalue weighted by molar-refractivity contribution is 7.26. The smallest absolute Gasteiger partial charge is 0.235 e. The van der Waals surface area contributed by atoms with Gasteiger partial charge >= 0.3 is 0 Å². The third-order valence-electron chi connectivity index (χ3n) is 11.4. The lowest BCUT2D eigenvalue weighted by atomic mass is 10.0. The van der Waals surface area contributed by atoms with Crippen LogP contribution >= 0.6 is 11.3 Å². The lowest BCUT2D eigenvalue weighted by molar-refractivity contribution is 1.02. The van der Waals surface area contributed by atoms with Crippen LogP contribution in [0.15, 0.2) is 158 Å². The van der Waals surface area contributed by atoms with Crippen LogP contribution in [-0.4, -0.2) is 18.9 Å².